The zero-order chi connectivity index (χ0) is 47.9. The molecule has 1 amide bonds. The minimum absolute atomic E-state index is 0.00442. The maximum absolute atomic E-state index is 14.8. The van der Waals surface area contributed by atoms with E-state index in [1.165, 1.54) is 38.6 Å². The van der Waals surface area contributed by atoms with Crippen molar-refractivity contribution in [3.05, 3.63) is 71.5 Å². The number of amides is 1. The van der Waals surface area contributed by atoms with Crippen LogP contribution in [0.25, 0.3) is 21.0 Å². The van der Waals surface area contributed by atoms with Crippen molar-refractivity contribution >= 4 is 66.5 Å². The molecule has 0 saturated carbocycles. The molecule has 5 N–H and O–H groups in total. The molecule has 0 aliphatic carbocycles. The maximum atomic E-state index is 14.8. The van der Waals surface area contributed by atoms with Gasteiger partial charge in [0.2, 0.25) is 0 Å². The van der Waals surface area contributed by atoms with Crippen molar-refractivity contribution in [1.82, 2.24) is 4.98 Å². The van der Waals surface area contributed by atoms with Gasteiger partial charge in [0.05, 0.1) is 52.9 Å². The number of carbonyl (C=O) groups excluding carboxylic acids is 3. The minimum Gasteiger partial charge on any atom is -0.507 e. The van der Waals surface area contributed by atoms with Crippen LogP contribution in [0.5, 0.6) is 23.0 Å². The van der Waals surface area contributed by atoms with E-state index in [0.29, 0.717) is 36.0 Å². The lowest BCUT2D eigenvalue weighted by Crippen LogP contribution is -2.46. The van der Waals surface area contributed by atoms with Crippen molar-refractivity contribution in [1.29, 1.82) is 0 Å². The van der Waals surface area contributed by atoms with Gasteiger partial charge in [0.15, 0.2) is 10.9 Å². The summed E-state index contributed by atoms with van der Waals surface area (Å²) in [6.45, 7) is 15.4. The fourth-order valence-corrected chi connectivity index (χ4v) is 10.3. The number of allylic oxidation sites excluding steroid dienone is 2. The Labute approximate surface area is 388 Å². The molecule has 1 saturated heterocycles. The van der Waals surface area contributed by atoms with E-state index in [0.717, 1.165) is 11.4 Å². The number of carbonyl (C=O) groups is 3. The summed E-state index contributed by atoms with van der Waals surface area (Å²) in [5.41, 5.74) is 1.74. The van der Waals surface area contributed by atoms with Crippen molar-refractivity contribution in [2.45, 2.75) is 85.6 Å². The Bertz CT molecular complexity index is 2600. The van der Waals surface area contributed by atoms with E-state index in [1.54, 1.807) is 73.0 Å². The van der Waals surface area contributed by atoms with Crippen LogP contribution in [0.1, 0.15) is 64.4 Å². The van der Waals surface area contributed by atoms with Crippen LogP contribution in [0.3, 0.4) is 0 Å². The second-order valence-electron chi connectivity index (χ2n) is 17.7. The average molecular weight is 929 g/mol. The Morgan fingerprint density at radius 1 is 0.909 bits per heavy atom. The number of rotatable bonds is 5. The van der Waals surface area contributed by atoms with Crippen LogP contribution < -0.4 is 24.6 Å². The monoisotopic (exact) mass is 928 g/mol. The molecular weight excluding hydrogens is 869 g/mol. The van der Waals surface area contributed by atoms with Crippen LogP contribution in [-0.4, -0.2) is 114 Å². The number of hydrogen-bond donors (Lipinski definition) is 5. The third-order valence-corrected chi connectivity index (χ3v) is 14.5. The van der Waals surface area contributed by atoms with Crippen LogP contribution in [-0.2, 0) is 23.8 Å². The van der Waals surface area contributed by atoms with Gasteiger partial charge in [-0.1, -0.05) is 57.3 Å². The number of nitrogens with one attached hydrogen (secondary N) is 1. The van der Waals surface area contributed by atoms with Crippen LogP contribution >= 0.6 is 11.3 Å². The minimum atomic E-state index is -1.97. The summed E-state index contributed by atoms with van der Waals surface area (Å²) in [5.74, 6) is -6.17. The lowest BCUT2D eigenvalue weighted by Gasteiger charge is -2.38. The molecular formula is C49H60N4O12S. The number of Topliss-reactive ketones (excluding diaryl/α,β-unsaturated/α-hetero) is 1. The molecule has 4 bridgehead atoms. The number of ketones is 1. The topological polar surface area (TPSA) is 210 Å². The third kappa shape index (κ3) is 8.88. The molecule has 3 aliphatic rings. The molecule has 3 aromatic carbocycles. The highest BCUT2D eigenvalue weighted by Gasteiger charge is 2.50. The van der Waals surface area contributed by atoms with Crippen LogP contribution in [0.4, 0.5) is 16.5 Å². The second-order valence-corrected chi connectivity index (χ2v) is 18.7. The smallest absolute Gasteiger partial charge is 0.312 e. The van der Waals surface area contributed by atoms with E-state index >= 15 is 0 Å². The number of aliphatic hydroxyl groups excluding tert-OH is 2. The summed E-state index contributed by atoms with van der Waals surface area (Å²) < 4.78 is 29.8. The highest BCUT2D eigenvalue weighted by Crippen LogP contribution is 2.55. The Morgan fingerprint density at radius 3 is 2.21 bits per heavy atom. The number of phenolic OH excluding ortho intramolecular Hbond substituents is 2. The van der Waals surface area contributed by atoms with Gasteiger partial charge in [-0.05, 0) is 44.2 Å². The number of esters is 1. The van der Waals surface area contributed by atoms with Crippen molar-refractivity contribution in [3.8, 4) is 23.0 Å². The van der Waals surface area contributed by atoms with E-state index in [9.17, 15) is 34.8 Å². The standard InChI is InChI=1S/C49H60N4O12S/c1-24-12-11-13-25(2)47(60)50-38-42(58)35-34(37-45(38)66-48(51-37)53-21-19-52(20-22-53)31-14-16-32(61-9)17-15-31)36-44(29(6)41(35)57)65-49(8,46(36)59)63-23-18-33(62-10)26(3)43(64-30(7)54)28(5)40(56)27(4)39(24)55/h11-18,23-24,26-28,33,39-40,43,55-58H,19-22H2,1-10H3,(H,50,60)/b12-11+,23-18+,25-13-. The third-order valence-electron chi connectivity index (χ3n) is 13.3. The number of ether oxygens (including phenoxy) is 5. The molecule has 66 heavy (non-hydrogen) atoms. The summed E-state index contributed by atoms with van der Waals surface area (Å²) in [6, 6.07) is 7.85. The fourth-order valence-electron chi connectivity index (χ4n) is 9.20. The van der Waals surface area contributed by atoms with Gasteiger partial charge in [-0.3, -0.25) is 14.4 Å². The molecule has 9 atom stereocenters. The molecule has 354 valence electrons. The van der Waals surface area contributed by atoms with Crippen molar-refractivity contribution < 1.29 is 58.5 Å². The predicted molar refractivity (Wildman–Crippen MR) is 253 cm³/mol. The molecule has 17 heteroatoms. The number of piperazine rings is 1. The van der Waals surface area contributed by atoms with E-state index in [4.69, 9.17) is 28.7 Å². The quantitative estimate of drug-likeness (QED) is 0.101. The molecule has 0 radical (unpaired) electrons. The first kappa shape index (κ1) is 48.1. The molecule has 7 rings (SSSR count). The van der Waals surface area contributed by atoms with E-state index < -0.39 is 77.3 Å². The molecule has 9 unspecified atom stereocenters. The summed E-state index contributed by atoms with van der Waals surface area (Å²) in [5, 5.41) is 50.6. The van der Waals surface area contributed by atoms with Gasteiger partial charge in [-0.15, -0.1) is 0 Å². The number of nitrogens with zero attached hydrogens (tertiary/aromatic N) is 3. The van der Waals surface area contributed by atoms with Gasteiger partial charge in [0, 0.05) is 93.0 Å². The predicted octanol–water partition coefficient (Wildman–Crippen LogP) is 6.99. The first-order chi connectivity index (χ1) is 31.3. The summed E-state index contributed by atoms with van der Waals surface area (Å²) in [7, 11) is 3.09. The second kappa shape index (κ2) is 19.1. The van der Waals surface area contributed by atoms with E-state index in [1.807, 2.05) is 24.3 Å². The molecule has 0 spiro atoms. The average Bonchev–Trinajstić information content (AvgIpc) is 3.86. The Kier molecular flexibility index (Phi) is 13.9. The number of fused-ring (bicyclic) bond motifs is 1. The van der Waals surface area contributed by atoms with E-state index in [2.05, 4.69) is 15.1 Å². The normalized spacial score (nSPS) is 29.5. The number of phenols is 2. The molecule has 1 fully saturated rings. The van der Waals surface area contributed by atoms with Crippen molar-refractivity contribution in [3.63, 3.8) is 0 Å². The van der Waals surface area contributed by atoms with Gasteiger partial charge in [-0.2, -0.15) is 0 Å². The van der Waals surface area contributed by atoms with Crippen LogP contribution in [0.2, 0.25) is 0 Å². The van der Waals surface area contributed by atoms with Gasteiger partial charge in [-0.25, -0.2) is 4.98 Å². The Hall–Kier alpha value is -5.88. The maximum Gasteiger partial charge on any atom is 0.312 e. The lowest BCUT2D eigenvalue weighted by molar-refractivity contribution is -0.160. The first-order valence-corrected chi connectivity index (χ1v) is 22.9. The molecule has 4 heterocycles. The SMILES string of the molecule is COc1ccc(N2CCN(c3nc4c(s3)c3c(O)c5c(O)c(C)c6c(c54)C(=O)C(C)(O/C=C/C(OC)C(C)C(OC(C)=O)C(C)C(O)C(C)C(O)C(C)/C=C/C=C(/C)C(=O)N3)O6)CC2)cc1. The van der Waals surface area contributed by atoms with Crippen molar-refractivity contribution in [2.75, 3.05) is 55.5 Å². The zero-order valence-electron chi connectivity index (χ0n) is 38.9. The number of benzene rings is 3. The summed E-state index contributed by atoms with van der Waals surface area (Å²) in [4.78, 5) is 50.7. The number of aromatic nitrogens is 1. The van der Waals surface area contributed by atoms with Gasteiger partial charge in [0.1, 0.15) is 29.0 Å². The zero-order valence-corrected chi connectivity index (χ0v) is 39.8. The fraction of sp³-hybridized carbons (Fsp3) is 0.469. The number of thiazole rings is 1. The van der Waals surface area contributed by atoms with Crippen LogP contribution in [0.15, 0.2) is 60.4 Å². The highest BCUT2D eigenvalue weighted by atomic mass is 32.1. The number of hydrogen-bond acceptors (Lipinski definition) is 16. The number of aromatic hydroxyl groups is 2. The van der Waals surface area contributed by atoms with Crippen molar-refractivity contribution in [2.24, 2.45) is 23.7 Å². The number of methoxy groups -OCH3 is 2. The first-order valence-electron chi connectivity index (χ1n) is 22.1. The highest BCUT2D eigenvalue weighted by molar-refractivity contribution is 7.23. The molecule has 1 aromatic heterocycles. The van der Waals surface area contributed by atoms with Gasteiger partial charge >= 0.3 is 11.8 Å². The number of anilines is 3. The molecule has 4 aromatic rings. The van der Waals surface area contributed by atoms with Crippen LogP contribution in [0, 0.1) is 30.6 Å². The largest absolute Gasteiger partial charge is 0.507 e. The Morgan fingerprint density at radius 2 is 1.58 bits per heavy atom. The molecule has 16 nitrogen and oxygen atoms in total. The summed E-state index contributed by atoms with van der Waals surface area (Å²) >= 11 is 1.24. The van der Waals surface area contributed by atoms with Gasteiger partial charge in [0.25, 0.3) is 11.7 Å². The van der Waals surface area contributed by atoms with Gasteiger partial charge < -0.3 is 59.2 Å². The van der Waals surface area contributed by atoms with E-state index in [-0.39, 0.29) is 50.2 Å². The lowest BCUT2D eigenvalue weighted by atomic mass is 9.78. The Balaban J connectivity index is 1.36. The summed E-state index contributed by atoms with van der Waals surface area (Å²) in [6.07, 6.45) is 3.92. The molecule has 3 aliphatic heterocycles. The number of aliphatic hydroxyl groups is 2.